The number of nitrogens with one attached hydrogen (secondary N) is 1. The van der Waals surface area contributed by atoms with Gasteiger partial charge in [-0.2, -0.15) is 0 Å². The van der Waals surface area contributed by atoms with Crippen LogP contribution in [0.4, 0.5) is 0 Å². The van der Waals surface area contributed by atoms with Crippen molar-refractivity contribution in [3.05, 3.63) is 60.8 Å². The van der Waals surface area contributed by atoms with Gasteiger partial charge in [0.05, 0.1) is 13.2 Å². The molecule has 0 aliphatic carbocycles. The number of aliphatic hydroxyl groups is 1. The van der Waals surface area contributed by atoms with E-state index in [2.05, 4.69) is 79.9 Å². The van der Waals surface area contributed by atoms with Crippen molar-refractivity contribution in [3.63, 3.8) is 0 Å². The van der Waals surface area contributed by atoms with Gasteiger partial charge >= 0.3 is 19.8 Å². The van der Waals surface area contributed by atoms with Crippen LogP contribution in [0, 0.1) is 0 Å². The van der Waals surface area contributed by atoms with E-state index in [0.29, 0.717) is 12.8 Å². The number of phosphoric acid groups is 1. The maximum atomic E-state index is 12.3. The van der Waals surface area contributed by atoms with Gasteiger partial charge < -0.3 is 25.2 Å². The number of amides is 1. The number of aliphatic hydroxyl groups excluding tert-OH is 1. The maximum Gasteiger partial charge on any atom is 0.472 e. The van der Waals surface area contributed by atoms with Crippen molar-refractivity contribution in [2.75, 3.05) is 19.8 Å². The number of carboxylic acids is 1. The summed E-state index contributed by atoms with van der Waals surface area (Å²) in [6, 6.07) is -1.57. The molecule has 0 aromatic rings. The first kappa shape index (κ1) is 53.2. The van der Waals surface area contributed by atoms with Crippen LogP contribution in [0.2, 0.25) is 0 Å². The van der Waals surface area contributed by atoms with Gasteiger partial charge in [0.2, 0.25) is 5.91 Å². The van der Waals surface area contributed by atoms with Gasteiger partial charge in [-0.25, -0.2) is 9.36 Å². The molecule has 11 nitrogen and oxygen atoms in total. The smallest absolute Gasteiger partial charge is 0.472 e. The fourth-order valence-corrected chi connectivity index (χ4v) is 6.18. The average Bonchev–Trinajstić information content (AvgIpc) is 3.17. The number of carbonyl (C=O) groups excluding carboxylic acids is 2. The number of esters is 1. The van der Waals surface area contributed by atoms with Gasteiger partial charge in [0.25, 0.3) is 0 Å². The summed E-state index contributed by atoms with van der Waals surface area (Å²) in [7, 11) is -4.77. The lowest BCUT2D eigenvalue weighted by atomic mass is 10.1. The lowest BCUT2D eigenvalue weighted by Gasteiger charge is -2.18. The third-order valence-electron chi connectivity index (χ3n) is 8.78. The maximum absolute atomic E-state index is 12.3. The van der Waals surface area contributed by atoms with Crippen molar-refractivity contribution < 1.29 is 47.8 Å². The summed E-state index contributed by atoms with van der Waals surface area (Å²) in [5, 5.41) is 21.8. The number of carbonyl (C=O) groups is 3. The predicted octanol–water partition coefficient (Wildman–Crippen LogP) is 10.8. The van der Waals surface area contributed by atoms with Gasteiger partial charge in [0, 0.05) is 12.8 Å². The lowest BCUT2D eigenvalue weighted by molar-refractivity contribution is -0.147. The highest BCUT2D eigenvalue weighted by Gasteiger charge is 2.28. The van der Waals surface area contributed by atoms with Crippen LogP contribution >= 0.6 is 7.82 Å². The molecule has 56 heavy (non-hydrogen) atoms. The molecular weight excluding hydrogens is 733 g/mol. The van der Waals surface area contributed by atoms with Gasteiger partial charge in [-0.3, -0.25) is 18.6 Å². The minimum Gasteiger partial charge on any atom is -0.480 e. The summed E-state index contributed by atoms with van der Waals surface area (Å²) >= 11 is 0. The first-order chi connectivity index (χ1) is 27.1. The van der Waals surface area contributed by atoms with E-state index >= 15 is 0 Å². The van der Waals surface area contributed by atoms with E-state index in [0.717, 1.165) is 77.0 Å². The standard InChI is InChI=1S/C44H76NO10P/c1-3-5-7-9-11-13-15-17-18-19-20-21-22-24-25-27-29-31-33-35-42(47)45-41(44(49)50)39-55-56(51,52)54-38-40(46)37-53-43(48)36-34-32-30-28-26-23-16-14-12-10-8-6-4-2/h11,13-14,16-18,20-21,24-25,40-41,46H,3-10,12,15,19,22-23,26-39H2,1-2H3,(H,45,47)(H,49,50)(H,51,52)/b13-11-,16-14-,18-17-,21-20-,25-24-. The molecule has 0 radical (unpaired) electrons. The lowest BCUT2D eigenvalue weighted by Crippen LogP contribution is -2.43. The number of carboxylic acid groups (broad SMARTS) is 1. The molecule has 3 unspecified atom stereocenters. The first-order valence-electron chi connectivity index (χ1n) is 21.3. The van der Waals surface area contributed by atoms with Crippen LogP contribution in [0.25, 0.3) is 0 Å². The number of aliphatic carboxylic acids is 1. The fraction of sp³-hybridized carbons (Fsp3) is 0.705. The first-order valence-corrected chi connectivity index (χ1v) is 22.8. The predicted molar refractivity (Wildman–Crippen MR) is 226 cm³/mol. The molecule has 0 aliphatic rings. The zero-order valence-corrected chi connectivity index (χ0v) is 35.6. The zero-order chi connectivity index (χ0) is 41.4. The van der Waals surface area contributed by atoms with Crippen LogP contribution in [0.5, 0.6) is 0 Å². The third kappa shape index (κ3) is 38.1. The van der Waals surface area contributed by atoms with Crippen molar-refractivity contribution in [2.45, 2.75) is 180 Å². The van der Waals surface area contributed by atoms with Gasteiger partial charge in [-0.15, -0.1) is 0 Å². The van der Waals surface area contributed by atoms with Crippen LogP contribution in [0.1, 0.15) is 168 Å². The molecule has 0 aliphatic heterocycles. The zero-order valence-electron chi connectivity index (χ0n) is 34.7. The van der Waals surface area contributed by atoms with Gasteiger partial charge in [0.1, 0.15) is 12.7 Å². The van der Waals surface area contributed by atoms with Crippen molar-refractivity contribution in [2.24, 2.45) is 0 Å². The van der Waals surface area contributed by atoms with Crippen LogP contribution in [-0.4, -0.2) is 64.9 Å². The van der Waals surface area contributed by atoms with Crippen molar-refractivity contribution in [3.8, 4) is 0 Å². The molecule has 12 heteroatoms. The number of unbranched alkanes of at least 4 members (excludes halogenated alkanes) is 15. The van der Waals surface area contributed by atoms with Crippen molar-refractivity contribution in [1.29, 1.82) is 0 Å². The highest BCUT2D eigenvalue weighted by molar-refractivity contribution is 7.47. The Bertz CT molecular complexity index is 1180. The molecule has 1 amide bonds. The molecular formula is C44H76NO10P. The summed E-state index contributed by atoms with van der Waals surface area (Å²) in [6.07, 6.45) is 43.9. The van der Waals surface area contributed by atoms with E-state index in [9.17, 15) is 34.1 Å². The van der Waals surface area contributed by atoms with Crippen LogP contribution in [-0.2, 0) is 32.7 Å². The normalized spacial score (nSPS) is 14.4. The molecule has 0 spiro atoms. The number of allylic oxidation sites excluding steroid dienone is 10. The second kappa shape index (κ2) is 39.0. The van der Waals surface area contributed by atoms with Gasteiger partial charge in [-0.1, -0.05) is 132 Å². The Balaban J connectivity index is 4.01. The highest BCUT2D eigenvalue weighted by atomic mass is 31.2. The molecule has 4 N–H and O–H groups in total. The Kier molecular flexibility index (Phi) is 37.1. The average molecular weight is 810 g/mol. The Labute approximate surface area is 338 Å². The number of hydrogen-bond acceptors (Lipinski definition) is 8. The molecule has 3 atom stereocenters. The summed E-state index contributed by atoms with van der Waals surface area (Å²) in [5.74, 6) is -2.43. The molecule has 322 valence electrons. The number of phosphoric ester groups is 1. The number of hydrogen-bond donors (Lipinski definition) is 4. The second-order valence-electron chi connectivity index (χ2n) is 14.2. The largest absolute Gasteiger partial charge is 0.480 e. The Morgan fingerprint density at radius 1 is 0.571 bits per heavy atom. The molecule has 0 saturated carbocycles. The van der Waals surface area contributed by atoms with Crippen LogP contribution < -0.4 is 5.32 Å². The van der Waals surface area contributed by atoms with E-state index in [4.69, 9.17) is 13.8 Å². The summed E-state index contributed by atoms with van der Waals surface area (Å²) in [5.41, 5.74) is 0. The number of ether oxygens (including phenoxy) is 1. The highest BCUT2D eigenvalue weighted by Crippen LogP contribution is 2.43. The van der Waals surface area contributed by atoms with Gasteiger partial charge in [-0.05, 0) is 83.5 Å². The molecule has 0 aromatic heterocycles. The topological polar surface area (TPSA) is 169 Å². The SMILES string of the molecule is CCCCC/C=C\C/C=C\C/C=C\C/C=C\CCCCCC(=O)NC(COP(=O)(O)OCC(O)COC(=O)CCCCCCC/C=C\CCCCCC)C(=O)O. The van der Waals surface area contributed by atoms with Crippen LogP contribution in [0.15, 0.2) is 60.8 Å². The molecule has 0 fully saturated rings. The molecule has 0 rings (SSSR count). The molecule has 0 bridgehead atoms. The van der Waals surface area contributed by atoms with Crippen molar-refractivity contribution in [1.82, 2.24) is 5.32 Å². The summed E-state index contributed by atoms with van der Waals surface area (Å²) < 4.78 is 26.8. The quantitative estimate of drug-likeness (QED) is 0.0203. The number of rotatable bonds is 39. The van der Waals surface area contributed by atoms with Crippen LogP contribution in [0.3, 0.4) is 0 Å². The summed E-state index contributed by atoms with van der Waals surface area (Å²) in [6.45, 7) is 2.50. The van der Waals surface area contributed by atoms with E-state index in [-0.39, 0.29) is 12.8 Å². The van der Waals surface area contributed by atoms with E-state index < -0.39 is 57.6 Å². The van der Waals surface area contributed by atoms with E-state index in [1.165, 1.54) is 51.4 Å². The molecule has 0 heterocycles. The third-order valence-corrected chi connectivity index (χ3v) is 9.73. The Morgan fingerprint density at radius 3 is 1.54 bits per heavy atom. The van der Waals surface area contributed by atoms with E-state index in [1.807, 2.05) is 0 Å². The minimum absolute atomic E-state index is 0.105. The molecule has 0 aromatic carbocycles. The van der Waals surface area contributed by atoms with E-state index in [1.54, 1.807) is 0 Å². The fourth-order valence-electron chi connectivity index (χ4n) is 5.41. The monoisotopic (exact) mass is 810 g/mol. The minimum atomic E-state index is -4.77. The molecule has 0 saturated heterocycles. The van der Waals surface area contributed by atoms with Crippen molar-refractivity contribution >= 4 is 25.7 Å². The Hall–Kier alpha value is -2.82. The second-order valence-corrected chi connectivity index (χ2v) is 15.6. The Morgan fingerprint density at radius 2 is 0.982 bits per heavy atom. The van der Waals surface area contributed by atoms with Gasteiger partial charge in [0.15, 0.2) is 6.04 Å². The summed E-state index contributed by atoms with van der Waals surface area (Å²) in [4.78, 5) is 45.8.